The molecule has 140 valence electrons. The minimum absolute atomic E-state index is 0.0716. The van der Waals surface area contributed by atoms with E-state index in [-0.39, 0.29) is 10.7 Å². The van der Waals surface area contributed by atoms with Crippen LogP contribution in [0.25, 0.3) is 10.6 Å². The van der Waals surface area contributed by atoms with Crippen LogP contribution in [0.2, 0.25) is 5.02 Å². The summed E-state index contributed by atoms with van der Waals surface area (Å²) in [6, 6.07) is 17.8. The molecule has 0 aliphatic rings. The maximum atomic E-state index is 14.1. The molecule has 0 unspecified atom stereocenters. The molecule has 4 aromatic rings. The average molecular weight is 412 g/mol. The molecule has 0 aliphatic heterocycles. The molecular formula is C21H15ClFN3OS. The Kier molecular flexibility index (Phi) is 5.23. The van der Waals surface area contributed by atoms with Crippen molar-refractivity contribution in [3.63, 3.8) is 0 Å². The van der Waals surface area contributed by atoms with Crippen molar-refractivity contribution in [2.75, 3.05) is 5.32 Å². The van der Waals surface area contributed by atoms with E-state index < -0.39 is 11.7 Å². The van der Waals surface area contributed by atoms with Crippen LogP contribution in [0.3, 0.4) is 0 Å². The highest BCUT2D eigenvalue weighted by Crippen LogP contribution is 2.28. The summed E-state index contributed by atoms with van der Waals surface area (Å²) in [6.07, 6.45) is 1.69. The van der Waals surface area contributed by atoms with Gasteiger partial charge in [-0.05, 0) is 35.2 Å². The molecule has 1 amide bonds. The number of rotatable bonds is 5. The first-order chi connectivity index (χ1) is 13.6. The number of nitrogens with zero attached hydrogens (tertiary/aromatic N) is 2. The second kappa shape index (κ2) is 7.96. The molecule has 2 aromatic carbocycles. The van der Waals surface area contributed by atoms with Crippen molar-refractivity contribution >= 4 is 34.5 Å². The number of carbonyl (C=O) groups is 1. The second-order valence-electron chi connectivity index (χ2n) is 6.13. The van der Waals surface area contributed by atoms with E-state index >= 15 is 0 Å². The summed E-state index contributed by atoms with van der Waals surface area (Å²) in [4.78, 5) is 13.7. The fourth-order valence-electron chi connectivity index (χ4n) is 2.81. The molecule has 0 aliphatic carbocycles. The lowest BCUT2D eigenvalue weighted by Crippen LogP contribution is -2.13. The molecule has 4 rings (SSSR count). The second-order valence-corrected chi connectivity index (χ2v) is 7.51. The van der Waals surface area contributed by atoms with E-state index in [0.29, 0.717) is 17.8 Å². The topological polar surface area (TPSA) is 46.9 Å². The molecule has 0 bridgehead atoms. The predicted molar refractivity (Wildman–Crippen MR) is 110 cm³/mol. The number of amides is 1. The molecule has 0 radical (unpaired) electrons. The zero-order chi connectivity index (χ0) is 19.5. The van der Waals surface area contributed by atoms with Crippen LogP contribution in [0, 0.1) is 5.82 Å². The first-order valence-electron chi connectivity index (χ1n) is 8.52. The average Bonchev–Trinajstić information content (AvgIpc) is 3.34. The van der Waals surface area contributed by atoms with E-state index in [1.54, 1.807) is 10.9 Å². The Morgan fingerprint density at radius 3 is 2.68 bits per heavy atom. The van der Waals surface area contributed by atoms with Crippen molar-refractivity contribution in [2.45, 2.75) is 6.54 Å². The minimum Gasteiger partial charge on any atom is -0.319 e. The molecule has 0 atom stereocenters. The van der Waals surface area contributed by atoms with Crippen molar-refractivity contribution in [2.24, 2.45) is 0 Å². The number of nitrogens with one attached hydrogen (secondary N) is 1. The van der Waals surface area contributed by atoms with E-state index in [1.807, 2.05) is 47.8 Å². The fraction of sp³-hybridized carbons (Fsp3) is 0.0476. The van der Waals surface area contributed by atoms with Crippen molar-refractivity contribution < 1.29 is 9.18 Å². The number of carbonyl (C=O) groups excluding carboxylic acids is 1. The van der Waals surface area contributed by atoms with Gasteiger partial charge >= 0.3 is 0 Å². The Bertz CT molecular complexity index is 1110. The third-order valence-electron chi connectivity index (χ3n) is 4.13. The van der Waals surface area contributed by atoms with Gasteiger partial charge in [0.1, 0.15) is 11.5 Å². The predicted octanol–water partition coefficient (Wildman–Crippen LogP) is 5.70. The van der Waals surface area contributed by atoms with Crippen molar-refractivity contribution in [3.8, 4) is 10.6 Å². The number of halogens is 2. The van der Waals surface area contributed by atoms with Crippen LogP contribution in [0.1, 0.15) is 15.9 Å². The van der Waals surface area contributed by atoms with Gasteiger partial charge in [-0.1, -0.05) is 48.0 Å². The van der Waals surface area contributed by atoms with Gasteiger partial charge < -0.3 is 5.32 Å². The highest BCUT2D eigenvalue weighted by molar-refractivity contribution is 7.13. The number of anilines is 1. The zero-order valence-electron chi connectivity index (χ0n) is 14.6. The smallest absolute Gasteiger partial charge is 0.259 e. The summed E-state index contributed by atoms with van der Waals surface area (Å²) in [5.41, 5.74) is 2.09. The molecule has 7 heteroatoms. The number of hydrogen-bond donors (Lipinski definition) is 1. The molecule has 0 saturated carbocycles. The van der Waals surface area contributed by atoms with E-state index in [2.05, 4.69) is 10.4 Å². The van der Waals surface area contributed by atoms with Crippen LogP contribution in [0.4, 0.5) is 10.1 Å². The first kappa shape index (κ1) is 18.4. The van der Waals surface area contributed by atoms with E-state index in [4.69, 9.17) is 11.6 Å². The van der Waals surface area contributed by atoms with Gasteiger partial charge in [0.05, 0.1) is 22.7 Å². The Hall–Kier alpha value is -2.96. The highest BCUT2D eigenvalue weighted by Gasteiger charge is 2.20. The highest BCUT2D eigenvalue weighted by atomic mass is 35.5. The summed E-state index contributed by atoms with van der Waals surface area (Å²) in [6.45, 7) is 0.530. The summed E-state index contributed by atoms with van der Waals surface area (Å²) >= 11 is 7.27. The minimum atomic E-state index is -0.588. The molecule has 0 saturated heterocycles. The number of aromatic nitrogens is 2. The zero-order valence-corrected chi connectivity index (χ0v) is 16.2. The molecule has 4 nitrogen and oxygen atoms in total. The lowest BCUT2D eigenvalue weighted by Gasteiger charge is -2.06. The van der Waals surface area contributed by atoms with Crippen molar-refractivity contribution in [1.82, 2.24) is 9.78 Å². The Balaban J connectivity index is 1.67. The van der Waals surface area contributed by atoms with E-state index in [1.165, 1.54) is 23.5 Å². The maximum absolute atomic E-state index is 14.1. The van der Waals surface area contributed by atoms with Gasteiger partial charge in [-0.3, -0.25) is 9.48 Å². The lowest BCUT2D eigenvalue weighted by atomic mass is 10.2. The Morgan fingerprint density at radius 1 is 1.14 bits per heavy atom. The number of benzene rings is 2. The van der Waals surface area contributed by atoms with Crippen LogP contribution in [0.15, 0.2) is 72.2 Å². The monoisotopic (exact) mass is 411 g/mol. The first-order valence-corrected chi connectivity index (χ1v) is 9.77. The maximum Gasteiger partial charge on any atom is 0.259 e. The van der Waals surface area contributed by atoms with Gasteiger partial charge in [0.25, 0.3) is 5.91 Å². The quantitative estimate of drug-likeness (QED) is 0.457. The SMILES string of the molecule is O=C(Nc1ccc(Cl)cc1F)c1cn(Cc2ccccc2)nc1-c1cccs1. The standard InChI is InChI=1S/C21H15ClFN3OS/c22-15-8-9-18(17(23)11-15)24-21(27)16-13-26(12-14-5-2-1-3-6-14)25-20(16)19-7-4-10-28-19/h1-11,13H,12H2,(H,24,27). The Morgan fingerprint density at radius 2 is 1.96 bits per heavy atom. The van der Waals surface area contributed by atoms with Crippen molar-refractivity contribution in [1.29, 1.82) is 0 Å². The summed E-state index contributed by atoms with van der Waals surface area (Å²) in [5, 5.41) is 9.40. The summed E-state index contributed by atoms with van der Waals surface area (Å²) < 4.78 is 15.8. The number of thiophene rings is 1. The van der Waals surface area contributed by atoms with Gasteiger partial charge in [0.15, 0.2) is 0 Å². The summed E-state index contributed by atoms with van der Waals surface area (Å²) in [5.74, 6) is -1.01. The third kappa shape index (κ3) is 3.98. The third-order valence-corrected chi connectivity index (χ3v) is 5.24. The van der Waals surface area contributed by atoms with Crippen LogP contribution in [-0.4, -0.2) is 15.7 Å². The number of hydrogen-bond acceptors (Lipinski definition) is 3. The fourth-order valence-corrected chi connectivity index (χ4v) is 3.70. The largest absolute Gasteiger partial charge is 0.319 e. The van der Waals surface area contributed by atoms with Gasteiger partial charge in [0, 0.05) is 11.2 Å². The lowest BCUT2D eigenvalue weighted by molar-refractivity contribution is 0.102. The normalized spacial score (nSPS) is 10.8. The molecular weight excluding hydrogens is 397 g/mol. The van der Waals surface area contributed by atoms with Crippen LogP contribution in [0.5, 0.6) is 0 Å². The van der Waals surface area contributed by atoms with E-state index in [9.17, 15) is 9.18 Å². The molecule has 1 N–H and O–H groups in total. The van der Waals surface area contributed by atoms with Crippen LogP contribution in [-0.2, 0) is 6.54 Å². The van der Waals surface area contributed by atoms with Gasteiger partial charge in [-0.2, -0.15) is 5.10 Å². The Labute approximate surface area is 170 Å². The summed E-state index contributed by atoms with van der Waals surface area (Å²) in [7, 11) is 0. The molecule has 2 heterocycles. The van der Waals surface area contributed by atoms with Crippen LogP contribution < -0.4 is 5.32 Å². The van der Waals surface area contributed by atoms with E-state index in [0.717, 1.165) is 16.5 Å². The molecule has 2 aromatic heterocycles. The molecule has 0 spiro atoms. The van der Waals surface area contributed by atoms with Crippen molar-refractivity contribution in [3.05, 3.63) is 94.2 Å². The molecule has 28 heavy (non-hydrogen) atoms. The van der Waals surface area contributed by atoms with Gasteiger partial charge in [-0.15, -0.1) is 11.3 Å². The van der Waals surface area contributed by atoms with Gasteiger partial charge in [0.2, 0.25) is 0 Å². The van der Waals surface area contributed by atoms with Crippen LogP contribution >= 0.6 is 22.9 Å². The molecule has 0 fully saturated rings. The van der Waals surface area contributed by atoms with Gasteiger partial charge in [-0.25, -0.2) is 4.39 Å².